The highest BCUT2D eigenvalue weighted by molar-refractivity contribution is 5.87. The number of nitrogens with zero attached hydrogens (tertiary/aromatic N) is 1. The van der Waals surface area contributed by atoms with E-state index >= 15 is 0 Å². The largest absolute Gasteiger partial charge is 0.346 e. The molecule has 0 amide bonds. The summed E-state index contributed by atoms with van der Waals surface area (Å²) in [6.45, 7) is 8.06. The lowest BCUT2D eigenvalue weighted by Gasteiger charge is -2.06. The molecular formula is C13H18N2. The Labute approximate surface area is 90.7 Å². The molecule has 2 heteroatoms. The standard InChI is InChI=1S/C13H18N2/c1-9-6-10(2)13-12(7-9)11(3)8-15(13)5-4-14/h6-8H,4-5,14H2,1-3H3. The van der Waals surface area contributed by atoms with Crippen LogP contribution in [0.2, 0.25) is 0 Å². The number of benzene rings is 1. The number of aromatic nitrogens is 1. The van der Waals surface area contributed by atoms with Gasteiger partial charge in [0.05, 0.1) is 5.52 Å². The van der Waals surface area contributed by atoms with Crippen LogP contribution in [0.15, 0.2) is 18.3 Å². The van der Waals surface area contributed by atoms with Crippen molar-refractivity contribution >= 4 is 10.9 Å². The number of aryl methyl sites for hydroxylation is 3. The van der Waals surface area contributed by atoms with Gasteiger partial charge in [-0.15, -0.1) is 0 Å². The minimum Gasteiger partial charge on any atom is -0.346 e. The maximum absolute atomic E-state index is 5.62. The van der Waals surface area contributed by atoms with Crippen LogP contribution in [0.5, 0.6) is 0 Å². The summed E-state index contributed by atoms with van der Waals surface area (Å²) in [6.07, 6.45) is 2.20. The summed E-state index contributed by atoms with van der Waals surface area (Å²) in [4.78, 5) is 0. The summed E-state index contributed by atoms with van der Waals surface area (Å²) in [5.41, 5.74) is 11.0. The molecular weight excluding hydrogens is 184 g/mol. The van der Waals surface area contributed by atoms with Crippen LogP contribution in [0.25, 0.3) is 10.9 Å². The van der Waals surface area contributed by atoms with Crippen LogP contribution in [0.4, 0.5) is 0 Å². The Hall–Kier alpha value is -1.28. The first-order valence-electron chi connectivity index (χ1n) is 5.40. The number of hydrogen-bond donors (Lipinski definition) is 1. The molecule has 0 aliphatic heterocycles. The van der Waals surface area contributed by atoms with E-state index in [9.17, 15) is 0 Å². The summed E-state index contributed by atoms with van der Waals surface area (Å²) >= 11 is 0. The molecule has 0 radical (unpaired) electrons. The van der Waals surface area contributed by atoms with Crippen molar-refractivity contribution in [1.29, 1.82) is 0 Å². The third-order valence-electron chi connectivity index (χ3n) is 2.88. The molecule has 0 aliphatic rings. The molecule has 0 aliphatic carbocycles. The van der Waals surface area contributed by atoms with Crippen molar-refractivity contribution in [1.82, 2.24) is 4.57 Å². The van der Waals surface area contributed by atoms with Crippen molar-refractivity contribution in [3.05, 3.63) is 35.0 Å². The molecule has 2 nitrogen and oxygen atoms in total. The molecule has 2 aromatic rings. The maximum Gasteiger partial charge on any atom is 0.0513 e. The van der Waals surface area contributed by atoms with Crippen LogP contribution in [0, 0.1) is 20.8 Å². The summed E-state index contributed by atoms with van der Waals surface area (Å²) in [5, 5.41) is 1.36. The summed E-state index contributed by atoms with van der Waals surface area (Å²) in [7, 11) is 0. The zero-order valence-corrected chi connectivity index (χ0v) is 9.67. The summed E-state index contributed by atoms with van der Waals surface area (Å²) in [6, 6.07) is 4.49. The van der Waals surface area contributed by atoms with E-state index in [2.05, 4.69) is 43.7 Å². The lowest BCUT2D eigenvalue weighted by Crippen LogP contribution is -2.09. The Balaban J connectivity index is 2.75. The van der Waals surface area contributed by atoms with Gasteiger partial charge in [-0.2, -0.15) is 0 Å². The molecule has 0 atom stereocenters. The lowest BCUT2D eigenvalue weighted by atomic mass is 10.1. The molecule has 2 N–H and O–H groups in total. The minimum atomic E-state index is 0.691. The van der Waals surface area contributed by atoms with Crippen LogP contribution in [0.1, 0.15) is 16.7 Å². The Morgan fingerprint density at radius 3 is 2.53 bits per heavy atom. The molecule has 0 bridgehead atoms. The molecule has 1 heterocycles. The Morgan fingerprint density at radius 1 is 1.13 bits per heavy atom. The van der Waals surface area contributed by atoms with E-state index in [4.69, 9.17) is 5.73 Å². The van der Waals surface area contributed by atoms with Gasteiger partial charge in [0.25, 0.3) is 0 Å². The minimum absolute atomic E-state index is 0.691. The highest BCUT2D eigenvalue weighted by Gasteiger charge is 2.07. The van der Waals surface area contributed by atoms with Gasteiger partial charge in [-0.05, 0) is 38.0 Å². The zero-order valence-electron chi connectivity index (χ0n) is 9.67. The smallest absolute Gasteiger partial charge is 0.0513 e. The van der Waals surface area contributed by atoms with E-state index < -0.39 is 0 Å². The van der Waals surface area contributed by atoms with Gasteiger partial charge in [0.2, 0.25) is 0 Å². The average Bonchev–Trinajstić information content (AvgIpc) is 2.44. The third-order valence-corrected chi connectivity index (χ3v) is 2.88. The molecule has 0 saturated heterocycles. The maximum atomic E-state index is 5.62. The SMILES string of the molecule is Cc1cc(C)c2c(c1)c(C)cn2CCN. The van der Waals surface area contributed by atoms with Crippen molar-refractivity contribution < 1.29 is 0 Å². The van der Waals surface area contributed by atoms with Gasteiger partial charge in [0.15, 0.2) is 0 Å². The Kier molecular flexibility index (Phi) is 2.53. The van der Waals surface area contributed by atoms with Crippen LogP contribution in [0.3, 0.4) is 0 Å². The van der Waals surface area contributed by atoms with Gasteiger partial charge in [0, 0.05) is 24.7 Å². The van der Waals surface area contributed by atoms with Gasteiger partial charge >= 0.3 is 0 Å². The van der Waals surface area contributed by atoms with Crippen LogP contribution < -0.4 is 5.73 Å². The fourth-order valence-electron chi connectivity index (χ4n) is 2.33. The molecule has 15 heavy (non-hydrogen) atoms. The number of rotatable bonds is 2. The molecule has 0 saturated carbocycles. The van der Waals surface area contributed by atoms with Crippen molar-refractivity contribution in [2.24, 2.45) is 5.73 Å². The van der Waals surface area contributed by atoms with Gasteiger partial charge in [-0.3, -0.25) is 0 Å². The van der Waals surface area contributed by atoms with E-state index in [1.165, 1.54) is 27.6 Å². The Morgan fingerprint density at radius 2 is 1.87 bits per heavy atom. The second kappa shape index (κ2) is 3.70. The lowest BCUT2D eigenvalue weighted by molar-refractivity contribution is 0.732. The normalized spacial score (nSPS) is 11.2. The van der Waals surface area contributed by atoms with E-state index in [1.807, 2.05) is 0 Å². The fourth-order valence-corrected chi connectivity index (χ4v) is 2.33. The molecule has 80 valence electrons. The Bertz CT molecular complexity index is 495. The zero-order chi connectivity index (χ0) is 11.0. The molecule has 1 aromatic heterocycles. The first-order valence-corrected chi connectivity index (χ1v) is 5.40. The van der Waals surface area contributed by atoms with Gasteiger partial charge in [-0.25, -0.2) is 0 Å². The van der Waals surface area contributed by atoms with Crippen molar-refractivity contribution in [2.45, 2.75) is 27.3 Å². The van der Waals surface area contributed by atoms with E-state index in [1.54, 1.807) is 0 Å². The highest BCUT2D eigenvalue weighted by Crippen LogP contribution is 2.25. The first kappa shape index (κ1) is 10.2. The molecule has 0 unspecified atom stereocenters. The van der Waals surface area contributed by atoms with Gasteiger partial charge in [0.1, 0.15) is 0 Å². The topological polar surface area (TPSA) is 30.9 Å². The van der Waals surface area contributed by atoms with Gasteiger partial charge < -0.3 is 10.3 Å². The third kappa shape index (κ3) is 1.65. The number of hydrogen-bond acceptors (Lipinski definition) is 1. The van der Waals surface area contributed by atoms with Crippen LogP contribution in [-0.2, 0) is 6.54 Å². The quantitative estimate of drug-likeness (QED) is 0.797. The molecule has 1 aromatic carbocycles. The second-order valence-corrected chi connectivity index (χ2v) is 4.27. The van der Waals surface area contributed by atoms with Crippen molar-refractivity contribution in [3.63, 3.8) is 0 Å². The van der Waals surface area contributed by atoms with Crippen LogP contribution >= 0.6 is 0 Å². The van der Waals surface area contributed by atoms with Crippen LogP contribution in [-0.4, -0.2) is 11.1 Å². The van der Waals surface area contributed by atoms with Gasteiger partial charge in [-0.1, -0.05) is 11.6 Å². The summed E-state index contributed by atoms with van der Waals surface area (Å²) in [5.74, 6) is 0. The average molecular weight is 202 g/mol. The predicted octanol–water partition coefficient (Wildman–Crippen LogP) is 2.53. The monoisotopic (exact) mass is 202 g/mol. The van der Waals surface area contributed by atoms with Crippen molar-refractivity contribution in [2.75, 3.05) is 6.54 Å². The van der Waals surface area contributed by atoms with E-state index in [0.29, 0.717) is 6.54 Å². The fraction of sp³-hybridized carbons (Fsp3) is 0.385. The summed E-state index contributed by atoms with van der Waals surface area (Å²) < 4.78 is 2.26. The van der Waals surface area contributed by atoms with E-state index in [0.717, 1.165) is 6.54 Å². The second-order valence-electron chi connectivity index (χ2n) is 4.27. The van der Waals surface area contributed by atoms with E-state index in [-0.39, 0.29) is 0 Å². The molecule has 0 fully saturated rings. The number of fused-ring (bicyclic) bond motifs is 1. The molecule has 0 spiro atoms. The number of nitrogens with two attached hydrogens (primary N) is 1. The first-order chi connectivity index (χ1) is 7.13. The predicted molar refractivity (Wildman–Crippen MR) is 65.2 cm³/mol. The van der Waals surface area contributed by atoms with Crippen molar-refractivity contribution in [3.8, 4) is 0 Å². The highest BCUT2D eigenvalue weighted by atomic mass is 15.0. The molecule has 2 rings (SSSR count).